The van der Waals surface area contributed by atoms with Crippen LogP contribution in [-0.2, 0) is 20.9 Å². The molecule has 81 heavy (non-hydrogen) atoms. The number of thiazole rings is 1. The third-order valence-electron chi connectivity index (χ3n) is 16.0. The third-order valence-corrected chi connectivity index (χ3v) is 16.9. The van der Waals surface area contributed by atoms with E-state index in [9.17, 15) is 19.8 Å². The number of H-pyrrole nitrogens is 1. The number of aromatic amines is 1. The van der Waals surface area contributed by atoms with Crippen molar-refractivity contribution in [2.75, 3.05) is 51.9 Å². The van der Waals surface area contributed by atoms with Gasteiger partial charge in [0.2, 0.25) is 11.8 Å². The monoisotopic (exact) mass is 1120 g/mol. The summed E-state index contributed by atoms with van der Waals surface area (Å²) in [4.78, 5) is 47.5. The van der Waals surface area contributed by atoms with Crippen molar-refractivity contribution in [2.45, 2.75) is 109 Å². The number of aliphatic hydroxyl groups is 2. The Morgan fingerprint density at radius 2 is 1.79 bits per heavy atom. The van der Waals surface area contributed by atoms with Gasteiger partial charge in [-0.1, -0.05) is 49.4 Å². The lowest BCUT2D eigenvalue weighted by Gasteiger charge is -2.30. The minimum atomic E-state index is -1.04. The zero-order chi connectivity index (χ0) is 56.8. The number of nitrogens with one attached hydrogen (secondary N) is 3. The van der Waals surface area contributed by atoms with Gasteiger partial charge in [0.15, 0.2) is 5.75 Å². The van der Waals surface area contributed by atoms with Gasteiger partial charge in [0.25, 0.3) is 0 Å². The van der Waals surface area contributed by atoms with Gasteiger partial charge in [0.05, 0.1) is 58.8 Å². The van der Waals surface area contributed by atoms with Crippen LogP contribution in [0.2, 0.25) is 0 Å². The number of anilines is 1. The fourth-order valence-electron chi connectivity index (χ4n) is 11.2. The molecule has 11 rings (SSSR count). The molecule has 0 unspecified atom stereocenters. The molecule has 3 fully saturated rings. The zero-order valence-corrected chi connectivity index (χ0v) is 47.1. The number of nitrogens with zero attached hydrogens (tertiary/aromatic N) is 9. The number of rotatable bonds is 20. The molecule has 2 aliphatic heterocycles. The van der Waals surface area contributed by atoms with Crippen molar-refractivity contribution in [3.05, 3.63) is 112 Å². The Kier molecular flexibility index (Phi) is 15.8. The first-order valence-electron chi connectivity index (χ1n) is 27.4. The lowest BCUT2D eigenvalue weighted by Crippen LogP contribution is -2.50. The number of hydrogen-bond donors (Lipinski definition) is 5. The summed E-state index contributed by atoms with van der Waals surface area (Å²) in [6.45, 7) is 10.4. The topological polar surface area (TPSA) is 231 Å². The molecule has 8 aromatic rings. The van der Waals surface area contributed by atoms with Crippen molar-refractivity contribution in [3.63, 3.8) is 0 Å². The molecule has 2 amide bonds. The number of aliphatic hydroxyl groups excluding tert-OH is 2. The molecule has 0 spiro atoms. The predicted molar refractivity (Wildman–Crippen MR) is 303 cm³/mol. The highest BCUT2D eigenvalue weighted by molar-refractivity contribution is 7.13. The summed E-state index contributed by atoms with van der Waals surface area (Å²) in [6.07, 6.45) is 4.66. The van der Waals surface area contributed by atoms with Crippen LogP contribution in [0.25, 0.3) is 54.6 Å². The first-order chi connectivity index (χ1) is 39.1. The van der Waals surface area contributed by atoms with Crippen molar-refractivity contribution in [2.24, 2.45) is 5.92 Å². The fraction of sp³-hybridized carbons (Fsp3) is 0.424. The van der Waals surface area contributed by atoms with E-state index < -0.39 is 54.3 Å². The molecule has 19 nitrogen and oxygen atoms in total. The lowest BCUT2D eigenvalue weighted by atomic mass is 9.88. The summed E-state index contributed by atoms with van der Waals surface area (Å²) < 4.78 is 52.9. The average molecular weight is 1130 g/mol. The van der Waals surface area contributed by atoms with Gasteiger partial charge in [-0.05, 0) is 110 Å². The minimum Gasteiger partial charge on any atom is -0.486 e. The second-order valence-electron chi connectivity index (χ2n) is 21.9. The summed E-state index contributed by atoms with van der Waals surface area (Å²) in [5, 5.41) is 45.0. The van der Waals surface area contributed by atoms with Crippen LogP contribution < -0.4 is 25.0 Å². The maximum atomic E-state index is 16.7. The average Bonchev–Trinajstić information content (AvgIpc) is 3.67. The summed E-state index contributed by atoms with van der Waals surface area (Å²) >= 11 is 1.52. The van der Waals surface area contributed by atoms with Gasteiger partial charge in [-0.25, -0.2) is 18.4 Å². The van der Waals surface area contributed by atoms with Crippen LogP contribution in [0.4, 0.5) is 14.6 Å². The second kappa shape index (κ2) is 23.2. The number of fused-ring (bicyclic) bond motifs is 2. The number of aryl methyl sites for hydroxylation is 1. The molecule has 2 saturated heterocycles. The maximum absolute atomic E-state index is 16.7. The van der Waals surface area contributed by atoms with Crippen molar-refractivity contribution in [1.29, 1.82) is 0 Å². The molecule has 0 bridgehead atoms. The number of hydrogen-bond acceptors (Lipinski definition) is 16. The number of benzene rings is 4. The molecule has 5 N–H and O–H groups in total. The van der Waals surface area contributed by atoms with Crippen LogP contribution in [0, 0.1) is 31.4 Å². The van der Waals surface area contributed by atoms with Crippen molar-refractivity contribution >= 4 is 50.8 Å². The Hall–Kier alpha value is -7.50. The molecule has 424 valence electrons. The van der Waals surface area contributed by atoms with Gasteiger partial charge in [-0.15, -0.1) is 16.4 Å². The standard InChI is InChI=1S/C59H66F2N12O7S/c1-30(2)53(58(77)72-24-39(75)19-49(72)57(76)65-48(26-74)36-11-13-37(14-12-36)55-33(5)63-29-81-55)73-25-47(69-70-73)40-15-8-34(18-45(40)61)28-79-54-51(50-32(4)44(60)21-46-43(50)23-64-68-46)41(35-9-10-35)20-42-52(54)66-59(80-27-31(3)78-7)67-56(42)71(6)38-16-17-62-22-38/h8,11-15,18,20-21,23,25,29-31,35,38-39,48-49,53,62,74-75H,9-10,16-17,19,22,24,26-28H2,1-7H3,(H,64,68)(H,65,76)/t31-,38-,39+,48-,49-,53-/m0/s1. The van der Waals surface area contributed by atoms with Crippen LogP contribution >= 0.6 is 11.3 Å². The first-order valence-corrected chi connectivity index (χ1v) is 28.3. The van der Waals surface area contributed by atoms with Crippen molar-refractivity contribution in [1.82, 2.24) is 55.7 Å². The summed E-state index contributed by atoms with van der Waals surface area (Å²) in [5.74, 6) is -1.27. The number of likely N-dealkylation sites (tertiary alicyclic amines) is 1. The number of halogens is 2. The summed E-state index contributed by atoms with van der Waals surface area (Å²) in [7, 11) is 3.62. The van der Waals surface area contributed by atoms with E-state index in [2.05, 4.69) is 47.1 Å². The number of methoxy groups -OCH3 is 1. The Balaban J connectivity index is 0.885. The third kappa shape index (κ3) is 11.1. The van der Waals surface area contributed by atoms with E-state index in [4.69, 9.17) is 24.2 Å². The molecular formula is C59H66F2N12O7S. The van der Waals surface area contributed by atoms with Gasteiger partial charge in [0.1, 0.15) is 54.0 Å². The van der Waals surface area contributed by atoms with Crippen LogP contribution in [0.15, 0.2) is 72.5 Å². The van der Waals surface area contributed by atoms with E-state index in [1.807, 2.05) is 59.0 Å². The smallest absolute Gasteiger partial charge is 0.319 e. The molecule has 4 aromatic heterocycles. The largest absolute Gasteiger partial charge is 0.486 e. The predicted octanol–water partition coefficient (Wildman–Crippen LogP) is 8.13. The number of β-amino-alcohol motifs (C(OH)–C–C–N with tert-alkyl or cyclic N) is 1. The number of amides is 2. The van der Waals surface area contributed by atoms with E-state index in [1.54, 1.807) is 37.9 Å². The van der Waals surface area contributed by atoms with Crippen molar-refractivity contribution in [3.8, 4) is 44.6 Å². The van der Waals surface area contributed by atoms with Crippen molar-refractivity contribution < 1.29 is 42.8 Å². The van der Waals surface area contributed by atoms with E-state index in [0.29, 0.717) is 55.8 Å². The first kappa shape index (κ1) is 55.4. The molecule has 6 heterocycles. The number of aromatic nitrogens is 8. The Morgan fingerprint density at radius 1 is 0.988 bits per heavy atom. The van der Waals surface area contributed by atoms with Gasteiger partial charge in [-0.2, -0.15) is 15.1 Å². The summed E-state index contributed by atoms with van der Waals surface area (Å²) in [5.41, 5.74) is 8.66. The number of likely N-dealkylation sites (N-methyl/N-ethyl adjacent to an activating group) is 1. The number of carbonyl (C=O) groups is 2. The Morgan fingerprint density at radius 3 is 2.48 bits per heavy atom. The van der Waals surface area contributed by atoms with Gasteiger partial charge in [-0.3, -0.25) is 14.7 Å². The normalized spacial score (nSPS) is 18.5. The van der Waals surface area contributed by atoms with Crippen LogP contribution in [0.5, 0.6) is 11.8 Å². The number of ether oxygens (including phenoxy) is 3. The van der Waals surface area contributed by atoms with Gasteiger partial charge < -0.3 is 44.9 Å². The quantitative estimate of drug-likeness (QED) is 0.0485. The Labute approximate surface area is 471 Å². The molecule has 0 radical (unpaired) electrons. The lowest BCUT2D eigenvalue weighted by molar-refractivity contribution is -0.142. The SMILES string of the molecule is CO[C@@H](C)COc1nc(N(C)[C@H]2CCNC2)c2cc(C3CC3)c(-c3c(C)c(F)cc4[nH]ncc34)c(OCc3ccc(-c4cn([C@H](C(=O)N5C[C@H](O)C[C@H]5C(=O)N[C@@H](CO)c5ccc(-c6scnc6C)cc5)C(C)C)nn4)c(F)c3)c2n1. The number of carbonyl (C=O) groups excluding carboxylic acids is 2. The van der Waals surface area contributed by atoms with E-state index in [1.165, 1.54) is 39.2 Å². The van der Waals surface area contributed by atoms with Crippen LogP contribution in [0.3, 0.4) is 0 Å². The van der Waals surface area contributed by atoms with E-state index in [0.717, 1.165) is 59.4 Å². The van der Waals surface area contributed by atoms with Crippen LogP contribution in [-0.4, -0.2) is 138 Å². The fourth-order valence-corrected chi connectivity index (χ4v) is 12.0. The highest BCUT2D eigenvalue weighted by Gasteiger charge is 2.43. The van der Waals surface area contributed by atoms with E-state index in [-0.39, 0.29) is 67.4 Å². The molecular weight excluding hydrogens is 1060 g/mol. The minimum absolute atomic E-state index is 0.00959. The zero-order valence-electron chi connectivity index (χ0n) is 46.2. The summed E-state index contributed by atoms with van der Waals surface area (Å²) in [6, 6.07) is 13.2. The second-order valence-corrected chi connectivity index (χ2v) is 22.7. The molecule has 6 atom stereocenters. The van der Waals surface area contributed by atoms with Gasteiger partial charge in [0, 0.05) is 67.2 Å². The van der Waals surface area contributed by atoms with Gasteiger partial charge >= 0.3 is 6.01 Å². The van der Waals surface area contributed by atoms with Crippen LogP contribution in [0.1, 0.15) is 92.4 Å². The molecule has 3 aliphatic rings. The molecule has 4 aromatic carbocycles. The van der Waals surface area contributed by atoms with E-state index >= 15 is 8.78 Å². The molecule has 22 heteroatoms. The highest BCUT2D eigenvalue weighted by atomic mass is 32.1. The molecule has 1 saturated carbocycles. The highest BCUT2D eigenvalue weighted by Crippen LogP contribution is 2.53. The Bertz CT molecular complexity index is 3620. The molecule has 1 aliphatic carbocycles. The maximum Gasteiger partial charge on any atom is 0.319 e.